The van der Waals surface area contributed by atoms with Crippen LogP contribution in [0, 0.1) is 12.8 Å². The summed E-state index contributed by atoms with van der Waals surface area (Å²) in [5.41, 5.74) is 2.68. The quantitative estimate of drug-likeness (QED) is 0.853. The van der Waals surface area contributed by atoms with Gasteiger partial charge in [0.05, 0.1) is 5.69 Å². The van der Waals surface area contributed by atoms with Crippen LogP contribution in [0.25, 0.3) is 0 Å². The average molecular weight is 401 g/mol. The van der Waals surface area contributed by atoms with E-state index in [1.807, 2.05) is 36.1 Å². The molecule has 1 fully saturated rings. The number of rotatable bonds is 4. The normalized spacial score (nSPS) is 15.5. The predicted octanol–water partition coefficient (Wildman–Crippen LogP) is 3.43. The maximum Gasteiger partial charge on any atom is 0.267 e. The number of hydrogen-bond acceptors (Lipinski definition) is 5. The van der Waals surface area contributed by atoms with E-state index in [2.05, 4.69) is 35.7 Å². The van der Waals surface area contributed by atoms with Crippen LogP contribution in [-0.2, 0) is 5.41 Å². The van der Waals surface area contributed by atoms with Crippen molar-refractivity contribution in [2.24, 2.45) is 5.92 Å². The summed E-state index contributed by atoms with van der Waals surface area (Å²) in [7, 11) is 0. The third kappa shape index (κ3) is 4.76. The molecule has 28 heavy (non-hydrogen) atoms. The third-order valence-electron chi connectivity index (χ3n) is 5.31. The molecular formula is C21H28N4O2S. The van der Waals surface area contributed by atoms with Gasteiger partial charge in [-0.15, -0.1) is 5.10 Å². The van der Waals surface area contributed by atoms with Gasteiger partial charge in [0.2, 0.25) is 0 Å². The molecule has 0 aliphatic carbocycles. The van der Waals surface area contributed by atoms with Gasteiger partial charge >= 0.3 is 0 Å². The van der Waals surface area contributed by atoms with Crippen molar-refractivity contribution < 1.29 is 9.59 Å². The lowest BCUT2D eigenvalue weighted by atomic mass is 9.86. The summed E-state index contributed by atoms with van der Waals surface area (Å²) in [6.45, 7) is 10.3. The molecule has 2 aromatic rings. The summed E-state index contributed by atoms with van der Waals surface area (Å²) >= 11 is 1.16. The van der Waals surface area contributed by atoms with E-state index in [4.69, 9.17) is 0 Å². The van der Waals surface area contributed by atoms with Crippen molar-refractivity contribution in [1.29, 1.82) is 0 Å². The molecule has 6 nitrogen and oxygen atoms in total. The molecule has 1 aromatic heterocycles. The first-order chi connectivity index (χ1) is 13.3. The Labute approximate surface area is 170 Å². The molecule has 1 aliphatic heterocycles. The number of aromatic nitrogens is 2. The minimum atomic E-state index is -0.0367. The van der Waals surface area contributed by atoms with Crippen molar-refractivity contribution in [2.75, 3.05) is 19.6 Å². The second-order valence-corrected chi connectivity index (χ2v) is 9.21. The number of likely N-dealkylation sites (tertiary alicyclic amines) is 1. The molecule has 1 aromatic carbocycles. The molecule has 0 radical (unpaired) electrons. The van der Waals surface area contributed by atoms with Gasteiger partial charge in [0.1, 0.15) is 4.88 Å². The Morgan fingerprint density at radius 2 is 1.82 bits per heavy atom. The highest BCUT2D eigenvalue weighted by molar-refractivity contribution is 7.07. The number of carbonyl (C=O) groups excluding carboxylic acids is 2. The van der Waals surface area contributed by atoms with Crippen LogP contribution in [0.4, 0.5) is 0 Å². The highest BCUT2D eigenvalue weighted by Gasteiger charge is 2.26. The van der Waals surface area contributed by atoms with E-state index in [1.54, 1.807) is 0 Å². The van der Waals surface area contributed by atoms with Crippen molar-refractivity contribution in [3.05, 3.63) is 46.0 Å². The van der Waals surface area contributed by atoms with Crippen molar-refractivity contribution in [3.8, 4) is 0 Å². The fourth-order valence-corrected chi connectivity index (χ4v) is 4.00. The van der Waals surface area contributed by atoms with Crippen molar-refractivity contribution >= 4 is 23.3 Å². The number of nitrogens with zero attached hydrogens (tertiary/aromatic N) is 3. The smallest absolute Gasteiger partial charge is 0.267 e. The first-order valence-electron chi connectivity index (χ1n) is 9.72. The summed E-state index contributed by atoms with van der Waals surface area (Å²) in [6, 6.07) is 7.83. The van der Waals surface area contributed by atoms with Gasteiger partial charge in [0.15, 0.2) is 0 Å². The van der Waals surface area contributed by atoms with E-state index in [0.29, 0.717) is 41.7 Å². The Morgan fingerprint density at radius 3 is 2.36 bits per heavy atom. The second-order valence-electron chi connectivity index (χ2n) is 8.46. The lowest BCUT2D eigenvalue weighted by Crippen LogP contribution is -2.41. The SMILES string of the molecule is Cc1nnsc1C(=O)N1CCC(CNC(=O)c2ccc(C(C)(C)C)cc2)CC1. The molecule has 0 bridgehead atoms. The van der Waals surface area contributed by atoms with Crippen LogP contribution in [-0.4, -0.2) is 45.9 Å². The first-order valence-corrected chi connectivity index (χ1v) is 10.5. The molecule has 3 rings (SSSR count). The van der Waals surface area contributed by atoms with Gasteiger partial charge in [0.25, 0.3) is 11.8 Å². The maximum atomic E-state index is 12.5. The Balaban J connectivity index is 1.47. The summed E-state index contributed by atoms with van der Waals surface area (Å²) in [6.07, 6.45) is 1.78. The zero-order valence-electron chi connectivity index (χ0n) is 17.0. The van der Waals surface area contributed by atoms with Gasteiger partial charge < -0.3 is 10.2 Å². The topological polar surface area (TPSA) is 75.2 Å². The fourth-order valence-electron chi connectivity index (χ4n) is 3.37. The van der Waals surface area contributed by atoms with Gasteiger partial charge in [-0.2, -0.15) is 0 Å². The Kier molecular flexibility index (Phi) is 6.13. The van der Waals surface area contributed by atoms with Gasteiger partial charge in [-0.1, -0.05) is 37.4 Å². The van der Waals surface area contributed by atoms with E-state index in [9.17, 15) is 9.59 Å². The van der Waals surface area contributed by atoms with Crippen molar-refractivity contribution in [2.45, 2.75) is 46.0 Å². The number of benzene rings is 1. The zero-order chi connectivity index (χ0) is 20.3. The summed E-state index contributed by atoms with van der Waals surface area (Å²) in [5, 5.41) is 6.96. The van der Waals surface area contributed by atoms with Crippen LogP contribution in [0.3, 0.4) is 0 Å². The number of piperidine rings is 1. The van der Waals surface area contributed by atoms with E-state index >= 15 is 0 Å². The Morgan fingerprint density at radius 1 is 1.18 bits per heavy atom. The van der Waals surface area contributed by atoms with Crippen LogP contribution in [0.1, 0.15) is 64.9 Å². The van der Waals surface area contributed by atoms with Gasteiger partial charge in [-0.05, 0) is 60.3 Å². The molecule has 150 valence electrons. The largest absolute Gasteiger partial charge is 0.352 e. The minimum Gasteiger partial charge on any atom is -0.352 e. The molecule has 1 saturated heterocycles. The van der Waals surface area contributed by atoms with Gasteiger partial charge in [-0.25, -0.2) is 0 Å². The highest BCUT2D eigenvalue weighted by atomic mass is 32.1. The number of carbonyl (C=O) groups is 2. The fraction of sp³-hybridized carbons (Fsp3) is 0.524. The molecule has 0 atom stereocenters. The molecule has 0 spiro atoms. The summed E-state index contributed by atoms with van der Waals surface area (Å²) < 4.78 is 3.85. The van der Waals surface area contributed by atoms with Gasteiger partial charge in [0, 0.05) is 25.2 Å². The molecule has 1 N–H and O–H groups in total. The number of hydrogen-bond donors (Lipinski definition) is 1. The number of aryl methyl sites for hydroxylation is 1. The summed E-state index contributed by atoms with van der Waals surface area (Å²) in [4.78, 5) is 27.4. The lowest BCUT2D eigenvalue weighted by Gasteiger charge is -2.31. The second kappa shape index (κ2) is 8.39. The number of amides is 2. The maximum absolute atomic E-state index is 12.5. The van der Waals surface area contributed by atoms with E-state index in [0.717, 1.165) is 24.4 Å². The van der Waals surface area contributed by atoms with Crippen molar-refractivity contribution in [1.82, 2.24) is 19.8 Å². The molecule has 1 aliphatic rings. The Hall–Kier alpha value is -2.28. The third-order valence-corrected chi connectivity index (χ3v) is 6.13. The van der Waals surface area contributed by atoms with Crippen LogP contribution >= 0.6 is 11.5 Å². The molecular weight excluding hydrogens is 372 g/mol. The van der Waals surface area contributed by atoms with E-state index in [1.165, 1.54) is 5.56 Å². The molecule has 0 unspecified atom stereocenters. The average Bonchev–Trinajstić information content (AvgIpc) is 3.11. The standard InChI is InChI=1S/C21H28N4O2S/c1-14-18(28-24-23-14)20(27)25-11-9-15(10-12-25)13-22-19(26)16-5-7-17(8-6-16)21(2,3)4/h5-8,15H,9-13H2,1-4H3,(H,22,26). The lowest BCUT2D eigenvalue weighted by molar-refractivity contribution is 0.0688. The van der Waals surface area contributed by atoms with Crippen LogP contribution in [0.15, 0.2) is 24.3 Å². The monoisotopic (exact) mass is 400 g/mol. The van der Waals surface area contributed by atoms with Gasteiger partial charge in [-0.3, -0.25) is 9.59 Å². The minimum absolute atomic E-state index is 0.0222. The predicted molar refractivity (Wildman–Crippen MR) is 111 cm³/mol. The van der Waals surface area contributed by atoms with Crippen LogP contribution in [0.2, 0.25) is 0 Å². The van der Waals surface area contributed by atoms with Crippen LogP contribution < -0.4 is 5.32 Å². The zero-order valence-corrected chi connectivity index (χ0v) is 17.8. The van der Waals surface area contributed by atoms with Crippen molar-refractivity contribution in [3.63, 3.8) is 0 Å². The molecule has 7 heteroatoms. The Bertz CT molecular complexity index is 831. The van der Waals surface area contributed by atoms with E-state index < -0.39 is 0 Å². The molecule has 2 amide bonds. The molecule has 0 saturated carbocycles. The summed E-state index contributed by atoms with van der Waals surface area (Å²) in [5.74, 6) is 0.377. The number of nitrogens with one attached hydrogen (secondary N) is 1. The highest BCUT2D eigenvalue weighted by Crippen LogP contribution is 2.23. The van der Waals surface area contributed by atoms with E-state index in [-0.39, 0.29) is 17.2 Å². The van der Waals surface area contributed by atoms with Crippen LogP contribution in [0.5, 0.6) is 0 Å². The molecule has 2 heterocycles. The first kappa shape index (κ1) is 20.5.